The third kappa shape index (κ3) is 6.26. The maximum atomic E-state index is 14.3. The lowest BCUT2D eigenvalue weighted by molar-refractivity contribution is -0.123. The van der Waals surface area contributed by atoms with Crippen LogP contribution in [0.5, 0.6) is 0 Å². The Balaban J connectivity index is 0.00000129. The number of aliphatic hydroxyl groups is 1. The Bertz CT molecular complexity index is 1130. The van der Waals surface area contributed by atoms with E-state index in [0.717, 1.165) is 0 Å². The lowest BCUT2D eigenvalue weighted by atomic mass is 9.82. The van der Waals surface area contributed by atoms with Gasteiger partial charge >= 0.3 is 5.97 Å². The molecule has 0 spiro atoms. The van der Waals surface area contributed by atoms with E-state index < -0.39 is 11.8 Å². The van der Waals surface area contributed by atoms with E-state index in [1.807, 2.05) is 0 Å². The highest BCUT2D eigenvalue weighted by atomic mass is 19.1. The van der Waals surface area contributed by atoms with Crippen molar-refractivity contribution in [1.82, 2.24) is 0 Å². The molecule has 1 aliphatic rings. The molecule has 34 heavy (non-hydrogen) atoms. The first-order chi connectivity index (χ1) is 16.3. The fourth-order valence-electron chi connectivity index (χ4n) is 3.57. The number of aromatic carboxylic acids is 1. The second-order valence-corrected chi connectivity index (χ2v) is 7.31. The predicted octanol–water partition coefficient (Wildman–Crippen LogP) is 2.58. The van der Waals surface area contributed by atoms with Gasteiger partial charge in [0.2, 0.25) is 0 Å². The van der Waals surface area contributed by atoms with Crippen molar-refractivity contribution in [3.8, 4) is 0 Å². The molecule has 3 rings (SSSR count). The highest BCUT2D eigenvalue weighted by Gasteiger charge is 2.32. The molecule has 0 amide bonds. The third-order valence-corrected chi connectivity index (χ3v) is 5.09. The first kappa shape index (κ1) is 26.2. The molecule has 0 fully saturated rings. The van der Waals surface area contributed by atoms with Gasteiger partial charge < -0.3 is 26.4 Å². The normalized spacial score (nSPS) is 15.1. The van der Waals surface area contributed by atoms with Crippen molar-refractivity contribution in [3.05, 3.63) is 75.8 Å². The number of carboxylic acids is 1. The van der Waals surface area contributed by atoms with Gasteiger partial charge in [0.05, 0.1) is 16.8 Å². The largest absolute Gasteiger partial charge is 0.511 e. The summed E-state index contributed by atoms with van der Waals surface area (Å²) in [6.45, 7) is 0.484. The molecule has 0 aliphatic heterocycles. The van der Waals surface area contributed by atoms with Crippen molar-refractivity contribution in [2.75, 3.05) is 25.5 Å². The zero-order valence-electron chi connectivity index (χ0n) is 18.5. The predicted molar refractivity (Wildman–Crippen MR) is 125 cm³/mol. The minimum absolute atomic E-state index is 0.000951. The van der Waals surface area contributed by atoms with Gasteiger partial charge in [0.25, 0.3) is 6.47 Å². The molecule has 1 aliphatic carbocycles. The Hall–Kier alpha value is -4.05. The van der Waals surface area contributed by atoms with Crippen molar-refractivity contribution >= 4 is 29.6 Å². The van der Waals surface area contributed by atoms with Crippen LogP contribution in [-0.2, 0) is 22.4 Å². The number of carbonyl (C=O) groups is 3. The van der Waals surface area contributed by atoms with Gasteiger partial charge in [0.1, 0.15) is 11.6 Å². The number of anilines is 1. The van der Waals surface area contributed by atoms with Crippen molar-refractivity contribution in [2.24, 2.45) is 10.7 Å². The maximum absolute atomic E-state index is 14.3. The summed E-state index contributed by atoms with van der Waals surface area (Å²) in [5, 5.41) is 29.7. The Morgan fingerprint density at radius 1 is 1.24 bits per heavy atom. The molecule has 0 radical (unpaired) electrons. The summed E-state index contributed by atoms with van der Waals surface area (Å²) in [5.41, 5.74) is 8.20. The van der Waals surface area contributed by atoms with E-state index in [2.05, 4.69) is 10.3 Å². The van der Waals surface area contributed by atoms with Crippen LogP contribution in [0.1, 0.15) is 33.5 Å². The van der Waals surface area contributed by atoms with Crippen molar-refractivity contribution in [1.29, 1.82) is 0 Å². The first-order valence-corrected chi connectivity index (χ1v) is 10.4. The molecule has 0 aromatic heterocycles. The molecule has 9 nitrogen and oxygen atoms in total. The summed E-state index contributed by atoms with van der Waals surface area (Å²) >= 11 is 0. The lowest BCUT2D eigenvalue weighted by Gasteiger charge is -2.24. The summed E-state index contributed by atoms with van der Waals surface area (Å²) < 4.78 is 14.3. The molecular weight excluding hydrogens is 445 g/mol. The number of hydrogen-bond donors (Lipinski definition) is 5. The fraction of sp³-hybridized carbons (Fsp3) is 0.250. The van der Waals surface area contributed by atoms with Crippen LogP contribution in [0, 0.1) is 5.82 Å². The highest BCUT2D eigenvalue weighted by Crippen LogP contribution is 2.32. The van der Waals surface area contributed by atoms with Gasteiger partial charge in [-0.15, -0.1) is 0 Å². The second-order valence-electron chi connectivity index (χ2n) is 7.31. The standard InChI is InChI=1S/C23H24FN3O4.CH2O2/c1-26-18-11-15(24)10-17-16(18)12-20(29)21(22(17)27-8-2-7-25)19(28)9-13-3-5-14(6-4-13)23(30)31;2-1-3/h3-6,10-11,26,28H,2,7-9,12,25H2,1H3,(H,30,31);1H,(H,2,3). The first-order valence-electron chi connectivity index (χ1n) is 10.4. The van der Waals surface area contributed by atoms with Crippen LogP contribution in [0.4, 0.5) is 10.1 Å². The molecule has 0 saturated heterocycles. The quantitative estimate of drug-likeness (QED) is 0.178. The molecule has 0 heterocycles. The Morgan fingerprint density at radius 3 is 2.44 bits per heavy atom. The minimum Gasteiger partial charge on any atom is -0.511 e. The fourth-order valence-corrected chi connectivity index (χ4v) is 3.57. The lowest BCUT2D eigenvalue weighted by Crippen LogP contribution is -2.28. The highest BCUT2D eigenvalue weighted by molar-refractivity contribution is 6.32. The summed E-state index contributed by atoms with van der Waals surface area (Å²) in [6, 6.07) is 8.65. The molecule has 0 bridgehead atoms. The number of ketones is 1. The number of aliphatic hydroxyl groups excluding tert-OH is 1. The number of halogens is 1. The smallest absolute Gasteiger partial charge is 0.335 e. The molecule has 6 N–H and O–H groups in total. The van der Waals surface area contributed by atoms with Gasteiger partial charge in [-0.25, -0.2) is 9.18 Å². The number of nitrogens with zero attached hydrogens (tertiary/aromatic N) is 1. The van der Waals surface area contributed by atoms with Gasteiger partial charge in [-0.3, -0.25) is 14.6 Å². The number of hydrogen-bond acceptors (Lipinski definition) is 7. The monoisotopic (exact) mass is 471 g/mol. The summed E-state index contributed by atoms with van der Waals surface area (Å²) in [4.78, 5) is 36.9. The van der Waals surface area contributed by atoms with E-state index in [9.17, 15) is 19.1 Å². The van der Waals surface area contributed by atoms with Crippen molar-refractivity contribution < 1.29 is 34.1 Å². The van der Waals surface area contributed by atoms with E-state index in [4.69, 9.17) is 20.7 Å². The van der Waals surface area contributed by atoms with Crippen LogP contribution >= 0.6 is 0 Å². The van der Waals surface area contributed by atoms with Gasteiger partial charge in [-0.2, -0.15) is 0 Å². The van der Waals surface area contributed by atoms with Crippen molar-refractivity contribution in [2.45, 2.75) is 19.3 Å². The SMILES string of the molecule is CNc1cc(F)cc2c1CC(=O)C(=C(O)Cc1ccc(C(=O)O)cc1)C2=NCCCN.O=CO. The van der Waals surface area contributed by atoms with Gasteiger partial charge in [0, 0.05) is 37.7 Å². The van der Waals surface area contributed by atoms with Crippen molar-refractivity contribution in [3.63, 3.8) is 0 Å². The zero-order chi connectivity index (χ0) is 25.3. The number of aliphatic imine (C=N–C) groups is 1. The topological polar surface area (TPSA) is 162 Å². The number of benzene rings is 2. The average molecular weight is 471 g/mol. The number of Topliss-reactive ketones (excluding diaryl/α,β-unsaturated/α-hetero) is 1. The van der Waals surface area contributed by atoms with Gasteiger partial charge in [-0.05, 0) is 48.4 Å². The van der Waals surface area contributed by atoms with Crippen LogP contribution in [-0.4, -0.2) is 59.4 Å². The molecule has 0 atom stereocenters. The summed E-state index contributed by atoms with van der Waals surface area (Å²) in [5.74, 6) is -2.04. The Kier molecular flexibility index (Phi) is 9.45. The molecule has 2 aromatic carbocycles. The minimum atomic E-state index is -1.05. The number of nitrogens with two attached hydrogens (primary N) is 1. The molecule has 10 heteroatoms. The van der Waals surface area contributed by atoms with Gasteiger partial charge in [0.15, 0.2) is 5.78 Å². The molecule has 0 unspecified atom stereocenters. The number of fused-ring (bicyclic) bond motifs is 1. The number of rotatable bonds is 7. The number of carbonyl (C=O) groups excluding carboxylic acids is 1. The number of allylic oxidation sites excluding steroid dienone is 2. The van der Waals surface area contributed by atoms with Crippen LogP contribution in [0.25, 0.3) is 0 Å². The number of carboxylic acid groups (broad SMARTS) is 2. The maximum Gasteiger partial charge on any atom is 0.335 e. The third-order valence-electron chi connectivity index (χ3n) is 5.09. The average Bonchev–Trinajstić information content (AvgIpc) is 2.79. The Labute approximate surface area is 195 Å². The van der Waals surface area contributed by atoms with E-state index in [1.165, 1.54) is 24.3 Å². The van der Waals surface area contributed by atoms with Crippen LogP contribution in [0.15, 0.2) is 52.7 Å². The summed E-state index contributed by atoms with van der Waals surface area (Å²) in [6.07, 6.45) is 0.589. The van der Waals surface area contributed by atoms with Crippen LogP contribution in [0.3, 0.4) is 0 Å². The van der Waals surface area contributed by atoms with E-state index in [1.54, 1.807) is 19.2 Å². The molecule has 180 valence electrons. The molecular formula is C24H26FN3O6. The number of nitrogens with one attached hydrogen (secondary N) is 1. The zero-order valence-corrected chi connectivity index (χ0v) is 18.5. The second kappa shape index (κ2) is 12.3. The van der Waals surface area contributed by atoms with E-state index in [-0.39, 0.29) is 47.7 Å². The van der Waals surface area contributed by atoms with Crippen LogP contribution in [0.2, 0.25) is 0 Å². The molecule has 2 aromatic rings. The van der Waals surface area contributed by atoms with E-state index in [0.29, 0.717) is 41.9 Å². The van der Waals surface area contributed by atoms with Gasteiger partial charge in [-0.1, -0.05) is 12.1 Å². The van der Waals surface area contributed by atoms with E-state index >= 15 is 0 Å². The summed E-state index contributed by atoms with van der Waals surface area (Å²) in [7, 11) is 1.65. The molecule has 0 saturated carbocycles. The Morgan fingerprint density at radius 2 is 1.88 bits per heavy atom. The van der Waals surface area contributed by atoms with Crippen LogP contribution < -0.4 is 11.1 Å².